The third kappa shape index (κ3) is 4.26. The van der Waals surface area contributed by atoms with E-state index in [0.29, 0.717) is 6.04 Å². The average Bonchev–Trinajstić information content (AvgIpc) is 2.32. The zero-order valence-corrected chi connectivity index (χ0v) is 12.0. The van der Waals surface area contributed by atoms with Gasteiger partial charge in [0.25, 0.3) is 0 Å². The van der Waals surface area contributed by atoms with Gasteiger partial charge in [0.15, 0.2) is 0 Å². The van der Waals surface area contributed by atoms with Crippen LogP contribution in [0.15, 0.2) is 0 Å². The highest BCUT2D eigenvalue weighted by Crippen LogP contribution is 2.30. The zero-order valence-electron chi connectivity index (χ0n) is 12.0. The Morgan fingerprint density at radius 1 is 1.06 bits per heavy atom. The summed E-state index contributed by atoms with van der Waals surface area (Å²) in [7, 11) is 0. The lowest BCUT2D eigenvalue weighted by Gasteiger charge is -2.40. The Balaban J connectivity index is 2.70. The molecule has 17 heavy (non-hydrogen) atoms. The molecule has 0 heterocycles. The van der Waals surface area contributed by atoms with Gasteiger partial charge in [0.05, 0.1) is 0 Å². The molecule has 1 rings (SSSR count). The van der Waals surface area contributed by atoms with Gasteiger partial charge in [-0.1, -0.05) is 52.9 Å². The summed E-state index contributed by atoms with van der Waals surface area (Å²) >= 11 is 0. The minimum Gasteiger partial charge on any atom is -0.378 e. The van der Waals surface area contributed by atoms with Gasteiger partial charge in [-0.25, -0.2) is 0 Å². The van der Waals surface area contributed by atoms with Gasteiger partial charge >= 0.3 is 0 Å². The fourth-order valence-electron chi connectivity index (χ4n) is 3.36. The van der Waals surface area contributed by atoms with Crippen molar-refractivity contribution in [3.05, 3.63) is 0 Å². The molecule has 0 amide bonds. The molecule has 0 saturated heterocycles. The molecule has 0 aromatic rings. The molecule has 0 bridgehead atoms. The number of nitrogens with zero attached hydrogens (tertiary/aromatic N) is 1. The Kier molecular flexibility index (Phi) is 7.14. The van der Waals surface area contributed by atoms with Crippen LogP contribution in [-0.4, -0.2) is 28.8 Å². The van der Waals surface area contributed by atoms with Gasteiger partial charge in [0.2, 0.25) is 0 Å². The normalized spacial score (nSPS) is 28.8. The van der Waals surface area contributed by atoms with Crippen molar-refractivity contribution in [3.63, 3.8) is 0 Å². The summed E-state index contributed by atoms with van der Waals surface area (Å²) in [6.07, 6.45) is 10.0. The predicted molar refractivity (Wildman–Crippen MR) is 73.9 cm³/mol. The molecule has 3 atom stereocenters. The van der Waals surface area contributed by atoms with Gasteiger partial charge in [-0.05, 0) is 31.7 Å². The number of aliphatic hydroxyl groups is 1. The van der Waals surface area contributed by atoms with Crippen LogP contribution in [-0.2, 0) is 0 Å². The molecule has 1 N–H and O–H groups in total. The summed E-state index contributed by atoms with van der Waals surface area (Å²) in [6, 6.07) is 0.611. The van der Waals surface area contributed by atoms with E-state index in [1.165, 1.54) is 44.9 Å². The van der Waals surface area contributed by atoms with Crippen molar-refractivity contribution < 1.29 is 5.11 Å². The topological polar surface area (TPSA) is 23.5 Å². The predicted octanol–water partition coefficient (Wildman–Crippen LogP) is 3.79. The summed E-state index contributed by atoms with van der Waals surface area (Å²) in [5.41, 5.74) is 0. The van der Waals surface area contributed by atoms with Crippen LogP contribution in [0.5, 0.6) is 0 Å². The Labute approximate surface area is 107 Å². The maximum absolute atomic E-state index is 10.2. The lowest BCUT2D eigenvalue weighted by atomic mass is 9.84. The molecule has 0 aliphatic heterocycles. The summed E-state index contributed by atoms with van der Waals surface area (Å²) in [6.45, 7) is 7.56. The molecule has 1 fully saturated rings. The van der Waals surface area contributed by atoms with Gasteiger partial charge < -0.3 is 5.11 Å². The molecule has 0 aromatic carbocycles. The monoisotopic (exact) mass is 241 g/mol. The van der Waals surface area contributed by atoms with E-state index in [9.17, 15) is 5.11 Å². The van der Waals surface area contributed by atoms with E-state index < -0.39 is 0 Å². The van der Waals surface area contributed by atoms with Gasteiger partial charge in [0, 0.05) is 6.04 Å². The molecular weight excluding hydrogens is 210 g/mol. The standard InChI is InChI=1S/C15H31NO/c1-4-13-11-9-7-8-10-12-14(13)16(6-3)15(17)5-2/h13-15,17H,4-12H2,1-3H3. The quantitative estimate of drug-likeness (QED) is 0.740. The number of aliphatic hydroxyl groups excluding tert-OH is 1. The second-order valence-electron chi connectivity index (χ2n) is 5.45. The van der Waals surface area contributed by atoms with Crippen molar-refractivity contribution in [2.24, 2.45) is 5.92 Å². The third-order valence-corrected chi connectivity index (χ3v) is 4.43. The van der Waals surface area contributed by atoms with Crippen LogP contribution in [0.4, 0.5) is 0 Å². The van der Waals surface area contributed by atoms with Crippen LogP contribution in [0.2, 0.25) is 0 Å². The first kappa shape index (κ1) is 15.0. The van der Waals surface area contributed by atoms with Crippen molar-refractivity contribution in [2.75, 3.05) is 6.54 Å². The van der Waals surface area contributed by atoms with Crippen LogP contribution >= 0.6 is 0 Å². The fourth-order valence-corrected chi connectivity index (χ4v) is 3.36. The first-order valence-electron chi connectivity index (χ1n) is 7.68. The van der Waals surface area contributed by atoms with Crippen molar-refractivity contribution in [2.45, 2.75) is 84.4 Å². The molecular formula is C15H31NO. The highest BCUT2D eigenvalue weighted by Gasteiger charge is 2.29. The van der Waals surface area contributed by atoms with E-state index in [1.807, 2.05) is 0 Å². The third-order valence-electron chi connectivity index (χ3n) is 4.43. The van der Waals surface area contributed by atoms with E-state index in [0.717, 1.165) is 18.9 Å². The molecule has 0 spiro atoms. The van der Waals surface area contributed by atoms with Crippen molar-refractivity contribution >= 4 is 0 Å². The SMILES string of the molecule is CCC1CCCCCCC1N(CC)C(O)CC. The summed E-state index contributed by atoms with van der Waals surface area (Å²) in [5.74, 6) is 0.788. The van der Waals surface area contributed by atoms with Crippen LogP contribution < -0.4 is 0 Å². The van der Waals surface area contributed by atoms with Gasteiger partial charge in [-0.15, -0.1) is 0 Å². The fraction of sp³-hybridized carbons (Fsp3) is 1.00. The minimum absolute atomic E-state index is 0.238. The first-order valence-corrected chi connectivity index (χ1v) is 7.68. The second kappa shape index (κ2) is 8.10. The maximum Gasteiger partial charge on any atom is 0.107 e. The summed E-state index contributed by atoms with van der Waals surface area (Å²) in [4.78, 5) is 2.35. The van der Waals surface area contributed by atoms with Crippen LogP contribution in [0, 0.1) is 5.92 Å². The highest BCUT2D eigenvalue weighted by molar-refractivity contribution is 4.81. The van der Waals surface area contributed by atoms with Crippen LogP contribution in [0.3, 0.4) is 0 Å². The summed E-state index contributed by atoms with van der Waals surface area (Å²) in [5, 5.41) is 10.2. The number of rotatable bonds is 5. The van der Waals surface area contributed by atoms with E-state index in [4.69, 9.17) is 0 Å². The van der Waals surface area contributed by atoms with Gasteiger partial charge in [-0.3, -0.25) is 4.90 Å². The smallest absolute Gasteiger partial charge is 0.107 e. The average molecular weight is 241 g/mol. The number of hydrogen-bond donors (Lipinski definition) is 1. The Morgan fingerprint density at radius 3 is 2.24 bits per heavy atom. The maximum atomic E-state index is 10.2. The van der Waals surface area contributed by atoms with Crippen molar-refractivity contribution in [3.8, 4) is 0 Å². The summed E-state index contributed by atoms with van der Waals surface area (Å²) < 4.78 is 0. The van der Waals surface area contributed by atoms with Crippen LogP contribution in [0.25, 0.3) is 0 Å². The van der Waals surface area contributed by atoms with Gasteiger partial charge in [-0.2, -0.15) is 0 Å². The highest BCUT2D eigenvalue weighted by atomic mass is 16.3. The molecule has 0 aromatic heterocycles. The van der Waals surface area contributed by atoms with E-state index in [1.54, 1.807) is 0 Å². The lowest BCUT2D eigenvalue weighted by Crippen LogP contribution is -2.47. The van der Waals surface area contributed by atoms with E-state index in [2.05, 4.69) is 25.7 Å². The van der Waals surface area contributed by atoms with Gasteiger partial charge in [0.1, 0.15) is 6.23 Å². The molecule has 2 heteroatoms. The minimum atomic E-state index is -0.238. The molecule has 3 unspecified atom stereocenters. The zero-order chi connectivity index (χ0) is 12.7. The second-order valence-corrected chi connectivity index (χ2v) is 5.45. The molecule has 2 nitrogen and oxygen atoms in total. The number of hydrogen-bond acceptors (Lipinski definition) is 2. The lowest BCUT2D eigenvalue weighted by molar-refractivity contribution is -0.0460. The van der Waals surface area contributed by atoms with E-state index in [-0.39, 0.29) is 6.23 Å². The molecule has 1 saturated carbocycles. The largest absolute Gasteiger partial charge is 0.378 e. The molecule has 0 radical (unpaired) electrons. The Hall–Kier alpha value is -0.0800. The van der Waals surface area contributed by atoms with Crippen molar-refractivity contribution in [1.82, 2.24) is 4.90 Å². The molecule has 102 valence electrons. The van der Waals surface area contributed by atoms with E-state index >= 15 is 0 Å². The first-order chi connectivity index (χ1) is 8.24. The van der Waals surface area contributed by atoms with Crippen molar-refractivity contribution in [1.29, 1.82) is 0 Å². The Bertz CT molecular complexity index is 195. The molecule has 1 aliphatic carbocycles. The molecule has 1 aliphatic rings. The van der Waals surface area contributed by atoms with Crippen LogP contribution in [0.1, 0.15) is 72.1 Å². The Morgan fingerprint density at radius 2 is 1.71 bits per heavy atom.